The van der Waals surface area contributed by atoms with E-state index < -0.39 is 6.29 Å². The summed E-state index contributed by atoms with van der Waals surface area (Å²) in [7, 11) is 0. The Kier molecular flexibility index (Phi) is 5.20. The van der Waals surface area contributed by atoms with E-state index in [1.54, 1.807) is 5.57 Å². The molecule has 4 aliphatic rings. The number of unbranched alkanes of at least 4 members (excludes halogenated alkanes) is 2. The molecule has 4 rings (SSSR count). The van der Waals surface area contributed by atoms with Crippen LogP contribution in [0, 0.1) is 23.2 Å². The Labute approximate surface area is 153 Å². The van der Waals surface area contributed by atoms with Crippen molar-refractivity contribution in [2.45, 2.75) is 77.4 Å². The smallest absolute Gasteiger partial charge is 0.167 e. The van der Waals surface area contributed by atoms with Crippen LogP contribution in [0.25, 0.3) is 0 Å². The fourth-order valence-electron chi connectivity index (χ4n) is 5.97. The summed E-state index contributed by atoms with van der Waals surface area (Å²) in [6.07, 6.45) is 21.0. The quantitative estimate of drug-likeness (QED) is 0.507. The molecule has 138 valence electrons. The van der Waals surface area contributed by atoms with Crippen molar-refractivity contribution in [2.24, 2.45) is 23.2 Å². The van der Waals surface area contributed by atoms with Gasteiger partial charge in [0.1, 0.15) is 0 Å². The number of allylic oxidation sites excluding steroid dienone is 4. The van der Waals surface area contributed by atoms with Crippen LogP contribution in [-0.2, 0) is 4.74 Å². The van der Waals surface area contributed by atoms with E-state index in [4.69, 9.17) is 4.74 Å². The molecule has 1 N–H and O–H groups in total. The summed E-state index contributed by atoms with van der Waals surface area (Å²) in [5.41, 5.74) is 2.64. The Morgan fingerprint density at radius 3 is 3.00 bits per heavy atom. The van der Waals surface area contributed by atoms with Gasteiger partial charge in [0, 0.05) is 6.61 Å². The summed E-state index contributed by atoms with van der Waals surface area (Å²) in [5.74, 6) is 2.53. The predicted molar refractivity (Wildman–Crippen MR) is 102 cm³/mol. The average molecular weight is 343 g/mol. The van der Waals surface area contributed by atoms with E-state index >= 15 is 0 Å². The number of rotatable bonds is 6. The average Bonchev–Trinajstić information content (AvgIpc) is 3.10. The lowest BCUT2D eigenvalue weighted by molar-refractivity contribution is -0.154. The molecule has 25 heavy (non-hydrogen) atoms. The fourth-order valence-corrected chi connectivity index (χ4v) is 5.97. The molecule has 0 aromatic heterocycles. The van der Waals surface area contributed by atoms with Gasteiger partial charge in [-0.2, -0.15) is 0 Å². The zero-order valence-electron chi connectivity index (χ0n) is 15.8. The molecule has 0 spiro atoms. The molecule has 4 aliphatic carbocycles. The highest BCUT2D eigenvalue weighted by Crippen LogP contribution is 2.58. The molecule has 2 saturated carbocycles. The first-order valence-corrected chi connectivity index (χ1v) is 10.7. The SMILES string of the molecule is CCCCCOC(O)[C@@]12C=CC=C1C1=CCC3CCCC[C@@H]3[C@H]1CC2. The maximum atomic E-state index is 10.9. The Hall–Kier alpha value is -0.860. The third-order valence-corrected chi connectivity index (χ3v) is 7.33. The van der Waals surface area contributed by atoms with Crippen LogP contribution in [-0.4, -0.2) is 18.0 Å². The van der Waals surface area contributed by atoms with Crippen molar-refractivity contribution in [1.29, 1.82) is 0 Å². The number of hydrogen-bond donors (Lipinski definition) is 1. The Bertz CT molecular complexity index is 573. The first kappa shape index (κ1) is 17.5. The van der Waals surface area contributed by atoms with Crippen LogP contribution in [0.2, 0.25) is 0 Å². The van der Waals surface area contributed by atoms with E-state index in [0.717, 1.165) is 30.6 Å². The Balaban J connectivity index is 1.51. The van der Waals surface area contributed by atoms with Gasteiger partial charge in [-0.25, -0.2) is 0 Å². The van der Waals surface area contributed by atoms with Gasteiger partial charge in [0.2, 0.25) is 0 Å². The second-order valence-electron chi connectivity index (χ2n) is 8.66. The molecular formula is C23H34O2. The third kappa shape index (κ3) is 3.06. The van der Waals surface area contributed by atoms with E-state index in [1.807, 2.05) is 0 Å². The first-order chi connectivity index (χ1) is 12.3. The monoisotopic (exact) mass is 342 g/mol. The fraction of sp³-hybridized carbons (Fsp3) is 0.739. The number of aliphatic hydroxyl groups excluding tert-OH is 1. The second-order valence-corrected chi connectivity index (χ2v) is 8.66. The standard InChI is InChI=1S/C23H34O2/c1-2-3-6-16-25-22(24)23-14-7-10-21(23)20-12-11-17-8-4-5-9-18(17)19(20)13-15-23/h7,10,12,14,17-19,22,24H,2-6,8-9,11,13,15-16H2,1H3/t17?,18-,19+,22?,23+/m0/s1. The topological polar surface area (TPSA) is 29.5 Å². The normalized spacial score (nSPS) is 37.6. The van der Waals surface area contributed by atoms with Gasteiger partial charge in [-0.15, -0.1) is 0 Å². The van der Waals surface area contributed by atoms with E-state index in [9.17, 15) is 5.11 Å². The van der Waals surface area contributed by atoms with Gasteiger partial charge in [-0.1, -0.05) is 56.9 Å². The van der Waals surface area contributed by atoms with E-state index in [1.165, 1.54) is 56.9 Å². The molecule has 2 nitrogen and oxygen atoms in total. The zero-order chi connectivity index (χ0) is 17.3. The second kappa shape index (κ2) is 7.40. The van der Waals surface area contributed by atoms with Crippen molar-refractivity contribution in [1.82, 2.24) is 0 Å². The van der Waals surface area contributed by atoms with Crippen molar-refractivity contribution >= 4 is 0 Å². The molecule has 0 amide bonds. The lowest BCUT2D eigenvalue weighted by Crippen LogP contribution is -2.44. The minimum Gasteiger partial charge on any atom is -0.367 e. The number of aliphatic hydroxyl groups is 1. The highest BCUT2D eigenvalue weighted by molar-refractivity contribution is 5.51. The molecule has 2 heteroatoms. The van der Waals surface area contributed by atoms with Gasteiger partial charge < -0.3 is 9.84 Å². The molecule has 0 bridgehead atoms. The summed E-state index contributed by atoms with van der Waals surface area (Å²) in [6.45, 7) is 2.87. The molecule has 0 saturated heterocycles. The van der Waals surface area contributed by atoms with E-state index in [-0.39, 0.29) is 5.41 Å². The van der Waals surface area contributed by atoms with Crippen molar-refractivity contribution in [3.8, 4) is 0 Å². The van der Waals surface area contributed by atoms with Gasteiger partial charge in [0.25, 0.3) is 0 Å². The molecule has 2 fully saturated rings. The highest BCUT2D eigenvalue weighted by Gasteiger charge is 2.50. The van der Waals surface area contributed by atoms with Crippen LogP contribution in [0.5, 0.6) is 0 Å². The highest BCUT2D eigenvalue weighted by atomic mass is 16.6. The van der Waals surface area contributed by atoms with Crippen LogP contribution < -0.4 is 0 Å². The summed E-state index contributed by atoms with van der Waals surface area (Å²) >= 11 is 0. The minimum atomic E-state index is -0.694. The van der Waals surface area contributed by atoms with Crippen LogP contribution in [0.4, 0.5) is 0 Å². The van der Waals surface area contributed by atoms with Gasteiger partial charge in [0.05, 0.1) is 5.41 Å². The Morgan fingerprint density at radius 1 is 1.24 bits per heavy atom. The van der Waals surface area contributed by atoms with Crippen LogP contribution in [0.3, 0.4) is 0 Å². The zero-order valence-corrected chi connectivity index (χ0v) is 15.8. The number of hydrogen-bond acceptors (Lipinski definition) is 2. The lowest BCUT2D eigenvalue weighted by Gasteiger charge is -2.49. The maximum Gasteiger partial charge on any atom is 0.167 e. The minimum absolute atomic E-state index is 0.282. The van der Waals surface area contributed by atoms with E-state index in [2.05, 4.69) is 31.2 Å². The molecule has 0 aromatic carbocycles. The molecule has 0 heterocycles. The van der Waals surface area contributed by atoms with Crippen molar-refractivity contribution in [3.05, 3.63) is 35.5 Å². The van der Waals surface area contributed by atoms with E-state index in [0.29, 0.717) is 6.61 Å². The summed E-state index contributed by atoms with van der Waals surface area (Å²) in [4.78, 5) is 0. The summed E-state index contributed by atoms with van der Waals surface area (Å²) < 4.78 is 5.91. The summed E-state index contributed by atoms with van der Waals surface area (Å²) in [5, 5.41) is 10.9. The van der Waals surface area contributed by atoms with Crippen LogP contribution >= 0.6 is 0 Å². The van der Waals surface area contributed by atoms with Gasteiger partial charge in [0.15, 0.2) is 6.29 Å². The maximum absolute atomic E-state index is 10.9. The predicted octanol–water partition coefficient (Wildman–Crippen LogP) is 5.54. The lowest BCUT2D eigenvalue weighted by atomic mass is 9.56. The third-order valence-electron chi connectivity index (χ3n) is 7.33. The molecular weight excluding hydrogens is 308 g/mol. The summed E-state index contributed by atoms with van der Waals surface area (Å²) in [6, 6.07) is 0. The number of ether oxygens (including phenoxy) is 1. The molecule has 0 radical (unpaired) electrons. The Morgan fingerprint density at radius 2 is 2.12 bits per heavy atom. The van der Waals surface area contributed by atoms with Crippen LogP contribution in [0.1, 0.15) is 71.1 Å². The first-order valence-electron chi connectivity index (χ1n) is 10.7. The van der Waals surface area contributed by atoms with Gasteiger partial charge in [-0.05, 0) is 67.4 Å². The van der Waals surface area contributed by atoms with Crippen molar-refractivity contribution in [2.75, 3.05) is 6.61 Å². The van der Waals surface area contributed by atoms with Crippen LogP contribution in [0.15, 0.2) is 35.5 Å². The largest absolute Gasteiger partial charge is 0.367 e. The van der Waals surface area contributed by atoms with Crippen molar-refractivity contribution < 1.29 is 9.84 Å². The molecule has 0 aromatic rings. The molecule has 0 aliphatic heterocycles. The number of fused-ring (bicyclic) bond motifs is 5. The van der Waals surface area contributed by atoms with Gasteiger partial charge in [-0.3, -0.25) is 0 Å². The molecule has 5 atom stereocenters. The molecule has 2 unspecified atom stereocenters. The van der Waals surface area contributed by atoms with Gasteiger partial charge >= 0.3 is 0 Å². The van der Waals surface area contributed by atoms with Crippen molar-refractivity contribution in [3.63, 3.8) is 0 Å².